The van der Waals surface area contributed by atoms with Crippen LogP contribution in [-0.4, -0.2) is 24.6 Å². The van der Waals surface area contributed by atoms with Crippen molar-refractivity contribution in [3.63, 3.8) is 0 Å². The Morgan fingerprint density at radius 1 is 1.38 bits per heavy atom. The molecule has 4 nitrogen and oxygen atoms in total. The van der Waals surface area contributed by atoms with Gasteiger partial charge >= 0.3 is 0 Å². The number of carbonyl (C=O) groups is 1. The highest BCUT2D eigenvalue weighted by Crippen LogP contribution is 2.26. The van der Waals surface area contributed by atoms with Crippen LogP contribution in [0.5, 0.6) is 5.75 Å². The second-order valence-electron chi connectivity index (χ2n) is 5.76. The maximum Gasteiger partial charge on any atom is 0.261 e. The number of ether oxygens (including phenoxy) is 1. The Bertz CT molecular complexity index is 477. The molecule has 2 unspecified atom stereocenters. The predicted molar refractivity (Wildman–Crippen MR) is 86.7 cm³/mol. The molecule has 0 saturated carbocycles. The molecule has 0 aromatic heterocycles. The molecule has 0 aliphatic rings. The number of carbonyl (C=O) groups excluding carboxylic acids is 1. The second-order valence-corrected chi connectivity index (χ2v) is 6.17. The summed E-state index contributed by atoms with van der Waals surface area (Å²) in [5.74, 6) is 0.817. The molecule has 5 heteroatoms. The largest absolute Gasteiger partial charge is 0.479 e. The number of hydrogen-bond acceptors (Lipinski definition) is 3. The Morgan fingerprint density at radius 2 is 2.05 bits per heavy atom. The zero-order chi connectivity index (χ0) is 16.0. The second kappa shape index (κ2) is 8.25. The average Bonchev–Trinajstić information content (AvgIpc) is 2.41. The van der Waals surface area contributed by atoms with E-state index in [1.807, 2.05) is 19.1 Å². The van der Waals surface area contributed by atoms with Crippen molar-refractivity contribution in [2.45, 2.75) is 46.3 Å². The third kappa shape index (κ3) is 5.94. The molecule has 2 atom stereocenters. The van der Waals surface area contributed by atoms with Gasteiger partial charge in [0, 0.05) is 12.6 Å². The molecular formula is C16H25ClN2O2. The molecule has 118 valence electrons. The van der Waals surface area contributed by atoms with Crippen molar-refractivity contribution in [1.29, 1.82) is 0 Å². The molecule has 0 radical (unpaired) electrons. The van der Waals surface area contributed by atoms with Crippen LogP contribution in [0.3, 0.4) is 0 Å². The van der Waals surface area contributed by atoms with Crippen LogP contribution in [0.15, 0.2) is 18.2 Å². The van der Waals surface area contributed by atoms with Gasteiger partial charge in [0.1, 0.15) is 5.75 Å². The highest BCUT2D eigenvalue weighted by atomic mass is 35.5. The maximum atomic E-state index is 12.2. The van der Waals surface area contributed by atoms with Crippen molar-refractivity contribution in [3.8, 4) is 5.75 Å². The number of benzene rings is 1. The number of amides is 1. The van der Waals surface area contributed by atoms with Crippen LogP contribution in [-0.2, 0) is 4.79 Å². The van der Waals surface area contributed by atoms with Gasteiger partial charge in [0.2, 0.25) is 0 Å². The van der Waals surface area contributed by atoms with Gasteiger partial charge in [-0.3, -0.25) is 4.79 Å². The zero-order valence-electron chi connectivity index (χ0n) is 13.2. The fourth-order valence-electron chi connectivity index (χ4n) is 2.05. The first-order chi connectivity index (χ1) is 9.83. The van der Waals surface area contributed by atoms with Crippen LogP contribution in [0.2, 0.25) is 5.02 Å². The van der Waals surface area contributed by atoms with Crippen LogP contribution in [0.1, 0.15) is 32.8 Å². The summed E-state index contributed by atoms with van der Waals surface area (Å²) in [6.07, 6.45) is 0.227. The van der Waals surface area contributed by atoms with Gasteiger partial charge < -0.3 is 15.8 Å². The lowest BCUT2D eigenvalue weighted by atomic mass is 10.0. The lowest BCUT2D eigenvalue weighted by molar-refractivity contribution is -0.128. The smallest absolute Gasteiger partial charge is 0.261 e. The minimum Gasteiger partial charge on any atom is -0.479 e. The molecule has 3 N–H and O–H groups in total. The van der Waals surface area contributed by atoms with E-state index in [2.05, 4.69) is 19.2 Å². The Morgan fingerprint density at radius 3 is 2.62 bits per heavy atom. The van der Waals surface area contributed by atoms with Crippen molar-refractivity contribution in [2.75, 3.05) is 6.54 Å². The Kier molecular flexibility index (Phi) is 6.99. The molecule has 1 rings (SSSR count). The first kappa shape index (κ1) is 17.8. The Hall–Kier alpha value is -1.26. The summed E-state index contributed by atoms with van der Waals surface area (Å²) in [6.45, 7) is 8.27. The average molecular weight is 313 g/mol. The first-order valence-corrected chi connectivity index (χ1v) is 7.64. The summed E-state index contributed by atoms with van der Waals surface area (Å²) in [5, 5.41) is 3.42. The van der Waals surface area contributed by atoms with Gasteiger partial charge in [-0.15, -0.1) is 0 Å². The molecule has 0 bridgehead atoms. The van der Waals surface area contributed by atoms with E-state index >= 15 is 0 Å². The number of nitrogens with two attached hydrogens (primary N) is 1. The molecule has 1 amide bonds. The maximum absolute atomic E-state index is 12.2. The van der Waals surface area contributed by atoms with Crippen molar-refractivity contribution in [1.82, 2.24) is 5.32 Å². The van der Waals surface area contributed by atoms with Crippen LogP contribution in [0.25, 0.3) is 0 Å². The zero-order valence-corrected chi connectivity index (χ0v) is 13.9. The van der Waals surface area contributed by atoms with E-state index in [1.165, 1.54) is 0 Å². The van der Waals surface area contributed by atoms with E-state index in [0.29, 0.717) is 23.2 Å². The van der Waals surface area contributed by atoms with Crippen molar-refractivity contribution in [3.05, 3.63) is 28.8 Å². The predicted octanol–water partition coefficient (Wildman–Crippen LogP) is 2.91. The lowest BCUT2D eigenvalue weighted by Crippen LogP contribution is -2.46. The summed E-state index contributed by atoms with van der Waals surface area (Å²) in [4.78, 5) is 12.2. The van der Waals surface area contributed by atoms with E-state index in [9.17, 15) is 4.79 Å². The summed E-state index contributed by atoms with van der Waals surface area (Å²) in [7, 11) is 0. The molecule has 1 aromatic rings. The van der Waals surface area contributed by atoms with Gasteiger partial charge in [-0.05, 0) is 43.9 Å². The van der Waals surface area contributed by atoms with Crippen molar-refractivity contribution >= 4 is 17.5 Å². The molecule has 1 aromatic carbocycles. The number of nitrogens with one attached hydrogen (secondary N) is 1. The van der Waals surface area contributed by atoms with Crippen LogP contribution < -0.4 is 15.8 Å². The van der Waals surface area contributed by atoms with E-state index in [-0.39, 0.29) is 11.9 Å². The summed E-state index contributed by atoms with van der Waals surface area (Å²) in [5.41, 5.74) is 6.72. The highest BCUT2D eigenvalue weighted by Gasteiger charge is 2.20. The van der Waals surface area contributed by atoms with Crippen LogP contribution in [0.4, 0.5) is 0 Å². The molecule has 0 fully saturated rings. The summed E-state index contributed by atoms with van der Waals surface area (Å²) in [6, 6.07) is 5.45. The van der Waals surface area contributed by atoms with Gasteiger partial charge in [0.15, 0.2) is 6.10 Å². The third-order valence-electron chi connectivity index (χ3n) is 3.15. The normalized spacial score (nSPS) is 13.9. The van der Waals surface area contributed by atoms with Crippen LogP contribution >= 0.6 is 11.6 Å². The molecule has 0 aliphatic heterocycles. The minimum atomic E-state index is -0.620. The van der Waals surface area contributed by atoms with E-state index in [4.69, 9.17) is 22.1 Å². The van der Waals surface area contributed by atoms with E-state index < -0.39 is 6.10 Å². The summed E-state index contributed by atoms with van der Waals surface area (Å²) >= 11 is 6.07. The monoisotopic (exact) mass is 312 g/mol. The number of aryl methyl sites for hydroxylation is 1. The topological polar surface area (TPSA) is 64.3 Å². The van der Waals surface area contributed by atoms with Gasteiger partial charge in [0.25, 0.3) is 5.91 Å². The highest BCUT2D eigenvalue weighted by molar-refractivity contribution is 6.32. The first-order valence-electron chi connectivity index (χ1n) is 7.26. The lowest BCUT2D eigenvalue weighted by Gasteiger charge is -2.22. The molecular weight excluding hydrogens is 288 g/mol. The molecule has 0 saturated heterocycles. The third-order valence-corrected chi connectivity index (χ3v) is 3.46. The Balaban J connectivity index is 2.63. The van der Waals surface area contributed by atoms with E-state index in [0.717, 1.165) is 12.0 Å². The number of halogens is 1. The molecule has 0 aliphatic carbocycles. The number of hydrogen-bond donors (Lipinski definition) is 2. The molecule has 21 heavy (non-hydrogen) atoms. The molecule has 0 spiro atoms. The van der Waals surface area contributed by atoms with E-state index in [1.54, 1.807) is 13.0 Å². The van der Waals surface area contributed by atoms with Gasteiger partial charge in [-0.25, -0.2) is 0 Å². The quantitative estimate of drug-likeness (QED) is 0.813. The minimum absolute atomic E-state index is 0.0310. The van der Waals surface area contributed by atoms with Gasteiger partial charge in [-0.1, -0.05) is 31.5 Å². The van der Waals surface area contributed by atoms with Gasteiger partial charge in [-0.2, -0.15) is 0 Å². The fraction of sp³-hybridized carbons (Fsp3) is 0.562. The SMILES string of the molecule is Cc1ccc(Cl)c(OC(C)C(=O)NC(CN)CC(C)C)c1. The molecule has 0 heterocycles. The fourth-order valence-corrected chi connectivity index (χ4v) is 2.21. The standard InChI is InChI=1S/C16H25ClN2O2/c1-10(2)7-13(9-18)19-16(20)12(4)21-15-8-11(3)5-6-14(15)17/h5-6,8,10,12-13H,7,9,18H2,1-4H3,(H,19,20). The number of rotatable bonds is 7. The Labute approximate surface area is 132 Å². The van der Waals surface area contributed by atoms with Crippen molar-refractivity contribution < 1.29 is 9.53 Å². The summed E-state index contributed by atoms with van der Waals surface area (Å²) < 4.78 is 5.65. The van der Waals surface area contributed by atoms with Crippen LogP contribution in [0, 0.1) is 12.8 Å². The van der Waals surface area contributed by atoms with Gasteiger partial charge in [0.05, 0.1) is 5.02 Å². The van der Waals surface area contributed by atoms with Crippen molar-refractivity contribution in [2.24, 2.45) is 11.7 Å².